The molecule has 0 bridgehead atoms. The van der Waals surface area contributed by atoms with E-state index >= 15 is 0 Å². The third-order valence-electron chi connectivity index (χ3n) is 3.13. The Morgan fingerprint density at radius 1 is 1.65 bits per heavy atom. The highest BCUT2D eigenvalue weighted by Gasteiger charge is 2.24. The van der Waals surface area contributed by atoms with Gasteiger partial charge in [0, 0.05) is 25.3 Å². The van der Waals surface area contributed by atoms with Gasteiger partial charge in [-0.3, -0.25) is 20.5 Å². The summed E-state index contributed by atoms with van der Waals surface area (Å²) in [6.07, 6.45) is 1.64. The topological polar surface area (TPSA) is 92.5 Å². The Morgan fingerprint density at radius 3 is 3.20 bits per heavy atom. The van der Waals surface area contributed by atoms with Gasteiger partial charge in [-0.05, 0) is 19.1 Å². The molecule has 110 valence electrons. The van der Waals surface area contributed by atoms with Crippen LogP contribution in [0.4, 0.5) is 5.82 Å². The van der Waals surface area contributed by atoms with Crippen molar-refractivity contribution < 1.29 is 9.53 Å². The van der Waals surface area contributed by atoms with Crippen LogP contribution >= 0.6 is 0 Å². The van der Waals surface area contributed by atoms with Gasteiger partial charge in [-0.15, -0.1) is 0 Å². The summed E-state index contributed by atoms with van der Waals surface area (Å²) in [4.78, 5) is 17.9. The van der Waals surface area contributed by atoms with Crippen LogP contribution in [0.1, 0.15) is 6.92 Å². The Kier molecular flexibility index (Phi) is 5.28. The summed E-state index contributed by atoms with van der Waals surface area (Å²) in [5.74, 6) is 0.497. The average molecular weight is 279 g/mol. The lowest BCUT2D eigenvalue weighted by molar-refractivity contribution is -0.124. The molecule has 0 aliphatic carbocycles. The first-order valence-corrected chi connectivity index (χ1v) is 6.70. The molecule has 7 heteroatoms. The van der Waals surface area contributed by atoms with E-state index < -0.39 is 0 Å². The number of pyridine rings is 1. The quantitative estimate of drug-likeness (QED) is 0.634. The molecule has 0 spiro atoms. The molecule has 2 unspecified atom stereocenters. The fourth-order valence-corrected chi connectivity index (χ4v) is 2.01. The number of carbonyl (C=O) groups is 1. The molecule has 1 saturated heterocycles. The molecule has 1 aliphatic rings. The minimum Gasteiger partial charge on any atom is -0.374 e. The first-order chi connectivity index (χ1) is 9.65. The summed E-state index contributed by atoms with van der Waals surface area (Å²) in [6, 6.07) is 5.40. The van der Waals surface area contributed by atoms with Gasteiger partial charge in [0.15, 0.2) is 0 Å². The highest BCUT2D eigenvalue weighted by atomic mass is 16.5. The number of morpholine rings is 1. The molecule has 0 saturated carbocycles. The largest absolute Gasteiger partial charge is 0.374 e. The third kappa shape index (κ3) is 4.44. The van der Waals surface area contributed by atoms with Crippen LogP contribution in [-0.2, 0) is 9.53 Å². The molecule has 2 rings (SSSR count). The fourth-order valence-electron chi connectivity index (χ4n) is 2.01. The van der Waals surface area contributed by atoms with Crippen LogP contribution in [-0.4, -0.2) is 54.2 Å². The number of rotatable bonds is 5. The van der Waals surface area contributed by atoms with Crippen molar-refractivity contribution in [2.75, 3.05) is 31.7 Å². The van der Waals surface area contributed by atoms with Gasteiger partial charge in [-0.2, -0.15) is 0 Å². The Hall–Kier alpha value is -1.70. The van der Waals surface area contributed by atoms with Gasteiger partial charge < -0.3 is 10.5 Å². The summed E-state index contributed by atoms with van der Waals surface area (Å²) < 4.78 is 5.56. The van der Waals surface area contributed by atoms with Crippen molar-refractivity contribution in [2.45, 2.75) is 19.1 Å². The van der Waals surface area contributed by atoms with E-state index in [9.17, 15) is 4.79 Å². The van der Waals surface area contributed by atoms with Gasteiger partial charge in [0.05, 0.1) is 19.3 Å². The minimum absolute atomic E-state index is 0.0136. The van der Waals surface area contributed by atoms with Gasteiger partial charge in [-0.1, -0.05) is 6.07 Å². The number of hydrazine groups is 1. The minimum atomic E-state index is -0.110. The Labute approximate surface area is 118 Å². The molecule has 20 heavy (non-hydrogen) atoms. The first-order valence-electron chi connectivity index (χ1n) is 6.70. The van der Waals surface area contributed by atoms with Crippen LogP contribution in [0.5, 0.6) is 0 Å². The molecular weight excluding hydrogens is 258 g/mol. The molecular formula is C13H21N5O2. The lowest BCUT2D eigenvalue weighted by atomic mass is 10.1. The third-order valence-corrected chi connectivity index (χ3v) is 3.13. The van der Waals surface area contributed by atoms with Crippen LogP contribution < -0.4 is 16.6 Å². The average Bonchev–Trinajstić information content (AvgIpc) is 2.46. The van der Waals surface area contributed by atoms with E-state index in [1.807, 2.05) is 24.0 Å². The SMILES string of the molecule is CC(N)C1CN(CC(=O)NNc2ccccn2)CCO1. The van der Waals surface area contributed by atoms with E-state index in [4.69, 9.17) is 10.5 Å². The summed E-state index contributed by atoms with van der Waals surface area (Å²) >= 11 is 0. The summed E-state index contributed by atoms with van der Waals surface area (Å²) in [5, 5.41) is 0. The van der Waals surface area contributed by atoms with Gasteiger partial charge >= 0.3 is 0 Å². The number of hydrogen-bond donors (Lipinski definition) is 3. The molecule has 0 aromatic carbocycles. The molecule has 1 aliphatic heterocycles. The predicted octanol–water partition coefficient (Wildman–Crippen LogP) is -0.427. The van der Waals surface area contributed by atoms with Crippen LogP contribution in [0.25, 0.3) is 0 Å². The van der Waals surface area contributed by atoms with Crippen molar-refractivity contribution in [2.24, 2.45) is 5.73 Å². The maximum atomic E-state index is 11.8. The second-order valence-corrected chi connectivity index (χ2v) is 4.89. The number of nitrogens with two attached hydrogens (primary N) is 1. The lowest BCUT2D eigenvalue weighted by Crippen LogP contribution is -2.52. The maximum Gasteiger partial charge on any atom is 0.252 e. The van der Waals surface area contributed by atoms with Crippen molar-refractivity contribution in [3.05, 3.63) is 24.4 Å². The van der Waals surface area contributed by atoms with E-state index in [0.717, 1.165) is 6.54 Å². The van der Waals surface area contributed by atoms with Gasteiger partial charge in [0.25, 0.3) is 5.91 Å². The van der Waals surface area contributed by atoms with E-state index in [1.54, 1.807) is 12.3 Å². The zero-order valence-electron chi connectivity index (χ0n) is 11.6. The number of carbonyl (C=O) groups excluding carboxylic acids is 1. The van der Waals surface area contributed by atoms with Gasteiger partial charge in [0.2, 0.25) is 0 Å². The van der Waals surface area contributed by atoms with E-state index in [-0.39, 0.29) is 18.1 Å². The van der Waals surface area contributed by atoms with Gasteiger partial charge in [0.1, 0.15) is 5.82 Å². The van der Waals surface area contributed by atoms with Crippen molar-refractivity contribution in [3.8, 4) is 0 Å². The lowest BCUT2D eigenvalue weighted by Gasteiger charge is -2.34. The summed E-state index contributed by atoms with van der Waals surface area (Å²) in [7, 11) is 0. The van der Waals surface area contributed by atoms with Crippen molar-refractivity contribution in [1.82, 2.24) is 15.3 Å². The second-order valence-electron chi connectivity index (χ2n) is 4.89. The van der Waals surface area contributed by atoms with Crippen molar-refractivity contribution in [1.29, 1.82) is 0 Å². The number of hydrogen-bond acceptors (Lipinski definition) is 6. The van der Waals surface area contributed by atoms with E-state index in [2.05, 4.69) is 15.8 Å². The zero-order valence-corrected chi connectivity index (χ0v) is 11.6. The van der Waals surface area contributed by atoms with Crippen LogP contribution in [0.3, 0.4) is 0 Å². The number of nitrogens with zero attached hydrogens (tertiary/aromatic N) is 2. The highest BCUT2D eigenvalue weighted by Crippen LogP contribution is 2.07. The van der Waals surface area contributed by atoms with E-state index in [0.29, 0.717) is 25.5 Å². The molecule has 1 aromatic rings. The van der Waals surface area contributed by atoms with E-state index in [1.165, 1.54) is 0 Å². The van der Waals surface area contributed by atoms with Crippen LogP contribution in [0, 0.1) is 0 Å². The molecule has 2 atom stereocenters. The normalized spacial score (nSPS) is 21.2. The highest BCUT2D eigenvalue weighted by molar-refractivity contribution is 5.79. The Bertz CT molecular complexity index is 426. The molecule has 1 amide bonds. The van der Waals surface area contributed by atoms with Crippen LogP contribution in [0.15, 0.2) is 24.4 Å². The Morgan fingerprint density at radius 2 is 2.50 bits per heavy atom. The molecule has 7 nitrogen and oxygen atoms in total. The smallest absolute Gasteiger partial charge is 0.252 e. The van der Waals surface area contributed by atoms with Gasteiger partial charge in [-0.25, -0.2) is 4.98 Å². The predicted molar refractivity (Wildman–Crippen MR) is 75.8 cm³/mol. The number of aromatic nitrogens is 1. The first kappa shape index (κ1) is 14.7. The van der Waals surface area contributed by atoms with Crippen molar-refractivity contribution >= 4 is 11.7 Å². The number of ether oxygens (including phenoxy) is 1. The summed E-state index contributed by atoms with van der Waals surface area (Å²) in [5.41, 5.74) is 11.2. The molecule has 0 radical (unpaired) electrons. The fraction of sp³-hybridized carbons (Fsp3) is 0.538. The number of amides is 1. The van der Waals surface area contributed by atoms with Crippen LogP contribution in [0.2, 0.25) is 0 Å². The molecule has 2 heterocycles. The molecule has 1 fully saturated rings. The Balaban J connectivity index is 1.74. The van der Waals surface area contributed by atoms with Crippen molar-refractivity contribution in [3.63, 3.8) is 0 Å². The number of nitrogens with one attached hydrogen (secondary N) is 2. The molecule has 1 aromatic heterocycles. The molecule has 4 N–H and O–H groups in total. The zero-order chi connectivity index (χ0) is 14.4. The number of anilines is 1. The maximum absolute atomic E-state index is 11.8. The standard InChI is InChI=1S/C13H21N5O2/c1-10(14)11-8-18(6-7-20-11)9-13(19)17-16-12-4-2-3-5-15-12/h2-5,10-11H,6-9,14H2,1H3,(H,15,16)(H,17,19). The second kappa shape index (κ2) is 7.18. The monoisotopic (exact) mass is 279 g/mol. The summed E-state index contributed by atoms with van der Waals surface area (Å²) in [6.45, 7) is 4.24.